The number of likely N-dealkylation sites (N-methyl/N-ethyl adjacent to an activating group) is 1. The minimum atomic E-state index is -0.984. The Morgan fingerprint density at radius 3 is 2.45 bits per heavy atom. The summed E-state index contributed by atoms with van der Waals surface area (Å²) in [4.78, 5) is 22.2. The molecule has 0 aromatic heterocycles. The Balaban J connectivity index is 3.73. The molecule has 0 spiro atoms. The summed E-state index contributed by atoms with van der Waals surface area (Å²) in [6.45, 7) is -0.223. The van der Waals surface area contributed by atoms with Crippen LogP contribution in [0, 0.1) is 0 Å². The zero-order valence-corrected chi connectivity index (χ0v) is 7.35. The molecule has 0 aliphatic rings. The second-order valence-corrected chi connectivity index (χ2v) is 2.94. The topological polar surface area (TPSA) is 57.6 Å². The van der Waals surface area contributed by atoms with Crippen molar-refractivity contribution in [3.8, 4) is 0 Å². The van der Waals surface area contributed by atoms with E-state index in [0.29, 0.717) is 5.75 Å². The number of nitrogens with zero attached hydrogens (tertiary/aromatic N) is 1. The Kier molecular flexibility index (Phi) is 4.69. The summed E-state index contributed by atoms with van der Waals surface area (Å²) in [5, 5.41) is 8.30. The quantitative estimate of drug-likeness (QED) is 0.651. The van der Waals surface area contributed by atoms with Crippen molar-refractivity contribution < 1.29 is 14.7 Å². The first kappa shape index (κ1) is 10.3. The van der Waals surface area contributed by atoms with E-state index in [1.54, 1.807) is 6.26 Å². The zero-order valence-electron chi connectivity index (χ0n) is 6.53. The maximum absolute atomic E-state index is 10.9. The van der Waals surface area contributed by atoms with E-state index in [2.05, 4.69) is 0 Å². The van der Waals surface area contributed by atoms with Crippen molar-refractivity contribution in [2.24, 2.45) is 0 Å². The highest BCUT2D eigenvalue weighted by molar-refractivity contribution is 7.99. The van der Waals surface area contributed by atoms with E-state index in [-0.39, 0.29) is 12.5 Å². The van der Waals surface area contributed by atoms with Crippen LogP contribution in [-0.2, 0) is 9.59 Å². The van der Waals surface area contributed by atoms with Crippen molar-refractivity contribution in [3.05, 3.63) is 0 Å². The minimum Gasteiger partial charge on any atom is -0.480 e. The predicted octanol–water partition coefficient (Wildman–Crippen LogP) is -0.108. The molecule has 5 heteroatoms. The number of hydrogen-bond donors (Lipinski definition) is 1. The molecular weight excluding hydrogens is 166 g/mol. The first-order valence-electron chi connectivity index (χ1n) is 3.02. The molecule has 1 amide bonds. The first-order chi connectivity index (χ1) is 5.07. The fourth-order valence-electron chi connectivity index (χ4n) is 0.525. The van der Waals surface area contributed by atoms with Gasteiger partial charge in [-0.15, -0.1) is 0 Å². The van der Waals surface area contributed by atoms with Crippen LogP contribution < -0.4 is 0 Å². The third-order valence-corrected chi connectivity index (χ3v) is 1.60. The average Bonchev–Trinajstić information content (AvgIpc) is 1.86. The molecule has 0 saturated carbocycles. The van der Waals surface area contributed by atoms with Gasteiger partial charge < -0.3 is 10.0 Å². The van der Waals surface area contributed by atoms with Gasteiger partial charge in [-0.1, -0.05) is 0 Å². The Hall–Kier alpha value is -0.710. The van der Waals surface area contributed by atoms with E-state index >= 15 is 0 Å². The van der Waals surface area contributed by atoms with Gasteiger partial charge in [-0.2, -0.15) is 11.8 Å². The van der Waals surface area contributed by atoms with Crippen LogP contribution in [0.4, 0.5) is 0 Å². The van der Waals surface area contributed by atoms with Crippen LogP contribution in [0.2, 0.25) is 0 Å². The summed E-state index contributed by atoms with van der Waals surface area (Å²) in [7, 11) is 1.48. The van der Waals surface area contributed by atoms with Crippen molar-refractivity contribution in [2.45, 2.75) is 0 Å². The van der Waals surface area contributed by atoms with Gasteiger partial charge in [0, 0.05) is 7.05 Å². The maximum atomic E-state index is 10.9. The molecule has 1 N–H and O–H groups in total. The number of rotatable bonds is 4. The summed E-state index contributed by atoms with van der Waals surface area (Å²) in [5.41, 5.74) is 0. The number of hydrogen-bond acceptors (Lipinski definition) is 3. The molecule has 0 radical (unpaired) electrons. The number of carbonyl (C=O) groups excluding carboxylic acids is 1. The first-order valence-corrected chi connectivity index (χ1v) is 4.42. The molecule has 0 rings (SSSR count). The van der Waals surface area contributed by atoms with Crippen molar-refractivity contribution >= 4 is 23.6 Å². The van der Waals surface area contributed by atoms with Gasteiger partial charge in [0.05, 0.1) is 5.75 Å². The lowest BCUT2D eigenvalue weighted by Gasteiger charge is -2.12. The molecular formula is C6H11NO3S. The molecule has 0 aromatic carbocycles. The molecule has 0 bridgehead atoms. The van der Waals surface area contributed by atoms with Crippen molar-refractivity contribution in [2.75, 3.05) is 25.6 Å². The molecule has 0 aliphatic heterocycles. The zero-order chi connectivity index (χ0) is 8.85. The number of amides is 1. The van der Waals surface area contributed by atoms with E-state index < -0.39 is 5.97 Å². The van der Waals surface area contributed by atoms with Crippen molar-refractivity contribution in [3.63, 3.8) is 0 Å². The third kappa shape index (κ3) is 4.66. The Morgan fingerprint density at radius 1 is 1.55 bits per heavy atom. The van der Waals surface area contributed by atoms with Crippen LogP contribution in [0.1, 0.15) is 0 Å². The van der Waals surface area contributed by atoms with Crippen LogP contribution in [0.3, 0.4) is 0 Å². The SMILES string of the molecule is CSCC(=O)N(C)CC(=O)O. The van der Waals surface area contributed by atoms with Gasteiger partial charge in [-0.3, -0.25) is 9.59 Å². The van der Waals surface area contributed by atoms with Crippen LogP contribution in [-0.4, -0.2) is 47.5 Å². The smallest absolute Gasteiger partial charge is 0.323 e. The van der Waals surface area contributed by atoms with Crippen LogP contribution in [0.5, 0.6) is 0 Å². The normalized spacial score (nSPS) is 9.27. The molecule has 11 heavy (non-hydrogen) atoms. The Bertz CT molecular complexity index is 160. The second kappa shape index (κ2) is 5.01. The third-order valence-electron chi connectivity index (χ3n) is 1.07. The van der Waals surface area contributed by atoms with Gasteiger partial charge in [0.15, 0.2) is 0 Å². The summed E-state index contributed by atoms with van der Waals surface area (Å²) in [6.07, 6.45) is 1.80. The second-order valence-electron chi connectivity index (χ2n) is 2.08. The fraction of sp³-hybridized carbons (Fsp3) is 0.667. The number of carboxylic acid groups (broad SMARTS) is 1. The lowest BCUT2D eigenvalue weighted by Crippen LogP contribution is -2.33. The lowest BCUT2D eigenvalue weighted by molar-refractivity contribution is -0.142. The Morgan fingerprint density at radius 2 is 2.09 bits per heavy atom. The summed E-state index contributed by atoms with van der Waals surface area (Å²) in [6, 6.07) is 0. The molecule has 0 saturated heterocycles. The predicted molar refractivity (Wildman–Crippen MR) is 43.7 cm³/mol. The largest absolute Gasteiger partial charge is 0.480 e. The van der Waals surface area contributed by atoms with E-state index in [1.165, 1.54) is 23.7 Å². The van der Waals surface area contributed by atoms with Gasteiger partial charge in [0.1, 0.15) is 6.54 Å². The van der Waals surface area contributed by atoms with Crippen LogP contribution in [0.25, 0.3) is 0 Å². The van der Waals surface area contributed by atoms with E-state index in [0.717, 1.165) is 0 Å². The number of aliphatic carboxylic acids is 1. The minimum absolute atomic E-state index is 0.153. The molecule has 0 aromatic rings. The maximum Gasteiger partial charge on any atom is 0.323 e. The highest BCUT2D eigenvalue weighted by Crippen LogP contribution is 1.94. The lowest BCUT2D eigenvalue weighted by atomic mass is 10.5. The molecule has 0 aliphatic carbocycles. The molecule has 64 valence electrons. The van der Waals surface area contributed by atoms with Gasteiger partial charge in [-0.05, 0) is 6.26 Å². The average molecular weight is 177 g/mol. The van der Waals surface area contributed by atoms with Crippen molar-refractivity contribution in [1.29, 1.82) is 0 Å². The van der Waals surface area contributed by atoms with Gasteiger partial charge in [0.25, 0.3) is 0 Å². The van der Waals surface area contributed by atoms with Crippen LogP contribution >= 0.6 is 11.8 Å². The molecule has 0 heterocycles. The van der Waals surface area contributed by atoms with Crippen molar-refractivity contribution in [1.82, 2.24) is 4.90 Å². The summed E-state index contributed by atoms with van der Waals surface area (Å²) >= 11 is 1.38. The number of carboxylic acids is 1. The summed E-state index contributed by atoms with van der Waals surface area (Å²) in [5.74, 6) is -0.800. The molecule has 0 unspecified atom stereocenters. The Labute approximate surface area is 69.6 Å². The van der Waals surface area contributed by atoms with Gasteiger partial charge in [0.2, 0.25) is 5.91 Å². The van der Waals surface area contributed by atoms with Gasteiger partial charge >= 0.3 is 5.97 Å². The number of thioether (sulfide) groups is 1. The molecule has 0 atom stereocenters. The monoisotopic (exact) mass is 177 g/mol. The van der Waals surface area contributed by atoms with Gasteiger partial charge in [-0.25, -0.2) is 0 Å². The fourth-order valence-corrected chi connectivity index (χ4v) is 0.992. The molecule has 4 nitrogen and oxygen atoms in total. The van der Waals surface area contributed by atoms with E-state index in [1.807, 2.05) is 0 Å². The number of carbonyl (C=O) groups is 2. The summed E-state index contributed by atoms with van der Waals surface area (Å²) < 4.78 is 0. The van der Waals surface area contributed by atoms with E-state index in [9.17, 15) is 9.59 Å². The highest BCUT2D eigenvalue weighted by Gasteiger charge is 2.10. The van der Waals surface area contributed by atoms with Crippen LogP contribution in [0.15, 0.2) is 0 Å². The highest BCUT2D eigenvalue weighted by atomic mass is 32.2. The molecule has 0 fully saturated rings. The standard InChI is InChI=1S/C6H11NO3S/c1-7(3-6(9)10)5(8)4-11-2/h3-4H2,1-2H3,(H,9,10). The van der Waals surface area contributed by atoms with E-state index in [4.69, 9.17) is 5.11 Å².